The van der Waals surface area contributed by atoms with Crippen LogP contribution in [-0.2, 0) is 6.54 Å². The first-order chi connectivity index (χ1) is 9.88. The van der Waals surface area contributed by atoms with Gasteiger partial charge in [-0.15, -0.1) is 0 Å². The van der Waals surface area contributed by atoms with Crippen LogP contribution in [0, 0.1) is 0 Å². The van der Waals surface area contributed by atoms with Crippen molar-refractivity contribution in [3.05, 3.63) is 60.3 Å². The average Bonchev–Trinajstić information content (AvgIpc) is 3.26. The highest BCUT2D eigenvalue weighted by Crippen LogP contribution is 2.39. The summed E-state index contributed by atoms with van der Waals surface area (Å²) in [7, 11) is 0. The summed E-state index contributed by atoms with van der Waals surface area (Å²) in [6.07, 6.45) is 10.6. The molecule has 3 aromatic heterocycles. The van der Waals surface area contributed by atoms with Crippen LogP contribution in [0.25, 0.3) is 5.65 Å². The van der Waals surface area contributed by atoms with Crippen LogP contribution in [-0.4, -0.2) is 14.4 Å². The topological polar surface area (TPSA) is 42.2 Å². The van der Waals surface area contributed by atoms with Crippen molar-refractivity contribution in [3.63, 3.8) is 0 Å². The van der Waals surface area contributed by atoms with Crippen LogP contribution in [0.1, 0.15) is 30.0 Å². The monoisotopic (exact) mass is 264 g/mol. The van der Waals surface area contributed by atoms with Gasteiger partial charge >= 0.3 is 0 Å². The van der Waals surface area contributed by atoms with Gasteiger partial charge in [0.1, 0.15) is 5.65 Å². The Morgan fingerprint density at radius 3 is 2.75 bits per heavy atom. The molecule has 1 aliphatic rings. The van der Waals surface area contributed by atoms with Gasteiger partial charge in [0, 0.05) is 30.5 Å². The molecule has 1 fully saturated rings. The number of imidazole rings is 1. The lowest BCUT2D eigenvalue weighted by Gasteiger charge is -2.02. The molecule has 4 nitrogen and oxygen atoms in total. The van der Waals surface area contributed by atoms with E-state index in [1.807, 2.05) is 12.1 Å². The molecule has 1 saturated carbocycles. The molecule has 0 unspecified atom stereocenters. The maximum absolute atomic E-state index is 4.63. The first-order valence-electron chi connectivity index (χ1n) is 7.00. The van der Waals surface area contributed by atoms with E-state index >= 15 is 0 Å². The van der Waals surface area contributed by atoms with E-state index in [1.54, 1.807) is 12.4 Å². The molecule has 0 spiro atoms. The molecule has 0 bridgehead atoms. The van der Waals surface area contributed by atoms with Crippen molar-refractivity contribution in [1.29, 1.82) is 0 Å². The SMILES string of the molecule is c1cc(NCc2cn3cc(C4CC4)ccc3n2)ccn1. The fourth-order valence-corrected chi connectivity index (χ4v) is 2.47. The van der Waals surface area contributed by atoms with E-state index in [0.717, 1.165) is 29.5 Å². The lowest BCUT2D eigenvalue weighted by atomic mass is 10.2. The third-order valence-corrected chi connectivity index (χ3v) is 3.73. The number of rotatable bonds is 4. The largest absolute Gasteiger partial charge is 0.379 e. The predicted octanol–water partition coefficient (Wildman–Crippen LogP) is 3.22. The Bertz CT molecular complexity index is 729. The minimum Gasteiger partial charge on any atom is -0.379 e. The Balaban J connectivity index is 1.54. The summed E-state index contributed by atoms with van der Waals surface area (Å²) in [5, 5.41) is 3.36. The Morgan fingerprint density at radius 2 is 1.95 bits per heavy atom. The zero-order valence-corrected chi connectivity index (χ0v) is 11.2. The van der Waals surface area contributed by atoms with E-state index in [0.29, 0.717) is 0 Å². The van der Waals surface area contributed by atoms with Gasteiger partial charge in [0.15, 0.2) is 0 Å². The Kier molecular flexibility index (Phi) is 2.66. The van der Waals surface area contributed by atoms with Gasteiger partial charge in [0.25, 0.3) is 0 Å². The van der Waals surface area contributed by atoms with Crippen LogP contribution in [0.5, 0.6) is 0 Å². The second-order valence-corrected chi connectivity index (χ2v) is 5.32. The third-order valence-electron chi connectivity index (χ3n) is 3.73. The van der Waals surface area contributed by atoms with Gasteiger partial charge in [-0.05, 0) is 42.5 Å². The van der Waals surface area contributed by atoms with Crippen molar-refractivity contribution in [2.75, 3.05) is 5.32 Å². The molecule has 1 N–H and O–H groups in total. The van der Waals surface area contributed by atoms with Crippen molar-refractivity contribution in [2.45, 2.75) is 25.3 Å². The van der Waals surface area contributed by atoms with Gasteiger partial charge in [0.2, 0.25) is 0 Å². The number of anilines is 1. The highest BCUT2D eigenvalue weighted by atomic mass is 15.0. The number of fused-ring (bicyclic) bond motifs is 1. The van der Waals surface area contributed by atoms with Crippen LogP contribution < -0.4 is 5.32 Å². The molecule has 20 heavy (non-hydrogen) atoms. The van der Waals surface area contributed by atoms with Gasteiger partial charge in [-0.1, -0.05) is 6.07 Å². The number of nitrogens with zero attached hydrogens (tertiary/aromatic N) is 3. The van der Waals surface area contributed by atoms with Crippen molar-refractivity contribution < 1.29 is 0 Å². The molecule has 0 saturated heterocycles. The lowest BCUT2D eigenvalue weighted by Crippen LogP contribution is -1.99. The fraction of sp³-hybridized carbons (Fsp3) is 0.250. The Morgan fingerprint density at radius 1 is 1.10 bits per heavy atom. The van der Waals surface area contributed by atoms with Crippen LogP contribution in [0.3, 0.4) is 0 Å². The van der Waals surface area contributed by atoms with E-state index in [9.17, 15) is 0 Å². The number of nitrogens with one attached hydrogen (secondary N) is 1. The molecular formula is C16H16N4. The highest BCUT2D eigenvalue weighted by Gasteiger charge is 2.23. The standard InChI is InChI=1S/C16H16N4/c1-2-12(1)13-3-4-16-19-15(11-20(16)10-13)9-18-14-5-7-17-8-6-14/h3-8,10-12H,1-2,9H2,(H,17,18). The summed E-state index contributed by atoms with van der Waals surface area (Å²) in [4.78, 5) is 8.64. The summed E-state index contributed by atoms with van der Waals surface area (Å²) in [5.74, 6) is 0.778. The van der Waals surface area contributed by atoms with E-state index in [2.05, 4.69) is 44.2 Å². The number of aromatic nitrogens is 3. The molecule has 100 valence electrons. The molecule has 0 aromatic carbocycles. The average molecular weight is 264 g/mol. The molecule has 3 heterocycles. The van der Waals surface area contributed by atoms with E-state index < -0.39 is 0 Å². The summed E-state index contributed by atoms with van der Waals surface area (Å²) in [6, 6.07) is 8.24. The highest BCUT2D eigenvalue weighted by molar-refractivity contribution is 5.45. The van der Waals surface area contributed by atoms with E-state index in [1.165, 1.54) is 18.4 Å². The summed E-state index contributed by atoms with van der Waals surface area (Å²) >= 11 is 0. The number of hydrogen-bond donors (Lipinski definition) is 1. The number of pyridine rings is 2. The quantitative estimate of drug-likeness (QED) is 0.786. The zero-order chi connectivity index (χ0) is 13.4. The third kappa shape index (κ3) is 2.25. The van der Waals surface area contributed by atoms with Crippen LogP contribution in [0.2, 0.25) is 0 Å². The van der Waals surface area contributed by atoms with Crippen molar-refractivity contribution in [2.24, 2.45) is 0 Å². The van der Waals surface area contributed by atoms with Gasteiger partial charge < -0.3 is 9.72 Å². The smallest absolute Gasteiger partial charge is 0.137 e. The maximum atomic E-state index is 4.63. The van der Waals surface area contributed by atoms with Gasteiger partial charge in [-0.25, -0.2) is 4.98 Å². The van der Waals surface area contributed by atoms with E-state index in [4.69, 9.17) is 0 Å². The second kappa shape index (κ2) is 4.63. The maximum Gasteiger partial charge on any atom is 0.137 e. The molecule has 3 aromatic rings. The van der Waals surface area contributed by atoms with Crippen molar-refractivity contribution in [1.82, 2.24) is 14.4 Å². The number of hydrogen-bond acceptors (Lipinski definition) is 3. The summed E-state index contributed by atoms with van der Waals surface area (Å²) < 4.78 is 2.14. The Hall–Kier alpha value is -2.36. The minimum absolute atomic E-state index is 0.727. The summed E-state index contributed by atoms with van der Waals surface area (Å²) in [6.45, 7) is 0.727. The van der Waals surface area contributed by atoms with E-state index in [-0.39, 0.29) is 0 Å². The van der Waals surface area contributed by atoms with Gasteiger partial charge in [-0.2, -0.15) is 0 Å². The first-order valence-corrected chi connectivity index (χ1v) is 7.00. The minimum atomic E-state index is 0.727. The predicted molar refractivity (Wildman–Crippen MR) is 78.7 cm³/mol. The van der Waals surface area contributed by atoms with Crippen molar-refractivity contribution >= 4 is 11.3 Å². The fourth-order valence-electron chi connectivity index (χ4n) is 2.47. The molecule has 0 aliphatic heterocycles. The van der Waals surface area contributed by atoms with Crippen molar-refractivity contribution in [3.8, 4) is 0 Å². The first kappa shape index (κ1) is 11.5. The zero-order valence-electron chi connectivity index (χ0n) is 11.2. The molecule has 0 amide bonds. The molecule has 0 radical (unpaired) electrons. The van der Waals surface area contributed by atoms with Crippen LogP contribution in [0.4, 0.5) is 5.69 Å². The van der Waals surface area contributed by atoms with Gasteiger partial charge in [-0.3, -0.25) is 4.98 Å². The van der Waals surface area contributed by atoms with Crippen LogP contribution in [0.15, 0.2) is 49.1 Å². The van der Waals surface area contributed by atoms with Gasteiger partial charge in [0.05, 0.1) is 12.2 Å². The molecule has 4 rings (SSSR count). The normalized spacial score (nSPS) is 14.6. The lowest BCUT2D eigenvalue weighted by molar-refractivity contribution is 1.05. The Labute approximate surface area is 117 Å². The molecule has 1 aliphatic carbocycles. The molecular weight excluding hydrogens is 248 g/mol. The second-order valence-electron chi connectivity index (χ2n) is 5.32. The molecule has 0 atom stereocenters. The molecule has 4 heteroatoms. The van der Waals surface area contributed by atoms with Crippen LogP contribution >= 0.6 is 0 Å². The summed E-state index contributed by atoms with van der Waals surface area (Å²) in [5.41, 5.74) is 4.56.